The molecule has 0 spiro atoms. The van der Waals surface area contributed by atoms with Crippen LogP contribution in [0.25, 0.3) is 0 Å². The van der Waals surface area contributed by atoms with Crippen molar-refractivity contribution in [2.75, 3.05) is 17.2 Å². The van der Waals surface area contributed by atoms with Crippen molar-refractivity contribution in [2.45, 2.75) is 6.42 Å². The summed E-state index contributed by atoms with van der Waals surface area (Å²) in [6.45, 7) is -0.235. The summed E-state index contributed by atoms with van der Waals surface area (Å²) in [5, 5.41) is 17.0. The highest BCUT2D eigenvalue weighted by atomic mass is 35.5. The monoisotopic (exact) mass is 376 g/mol. The van der Waals surface area contributed by atoms with Crippen LogP contribution in [0.2, 0.25) is 10.0 Å². The number of rotatable bonds is 5. The van der Waals surface area contributed by atoms with Crippen LogP contribution in [0.15, 0.2) is 42.5 Å². The van der Waals surface area contributed by atoms with Crippen molar-refractivity contribution in [1.29, 1.82) is 5.26 Å². The van der Waals surface area contributed by atoms with Crippen molar-refractivity contribution in [3.63, 3.8) is 0 Å². The normalized spacial score (nSPS) is 9.80. The molecule has 8 heteroatoms. The molecule has 2 aromatic rings. The topological polar surface area (TPSA) is 94.0 Å². The highest BCUT2D eigenvalue weighted by Crippen LogP contribution is 2.25. The minimum absolute atomic E-state index is 0.235. The van der Waals surface area contributed by atoms with Gasteiger partial charge < -0.3 is 16.0 Å². The Bertz CT molecular complexity index is 816. The average Bonchev–Trinajstić information content (AvgIpc) is 2.58. The minimum atomic E-state index is -0.527. The average molecular weight is 377 g/mol. The SMILES string of the molecule is N#CCc1ccc(NC(=O)NCC(=O)Nc2cc(Cl)ccc2Cl)cc1. The molecule has 0 aliphatic heterocycles. The third-order valence-corrected chi connectivity index (χ3v) is 3.67. The summed E-state index contributed by atoms with van der Waals surface area (Å²) in [6.07, 6.45) is 0.304. The van der Waals surface area contributed by atoms with E-state index in [1.54, 1.807) is 36.4 Å². The molecule has 25 heavy (non-hydrogen) atoms. The summed E-state index contributed by atoms with van der Waals surface area (Å²) < 4.78 is 0. The second-order valence-corrected chi connectivity index (χ2v) is 5.86. The first-order valence-corrected chi connectivity index (χ1v) is 7.99. The van der Waals surface area contributed by atoms with Crippen LogP contribution in [0.3, 0.4) is 0 Å². The highest BCUT2D eigenvalue weighted by Gasteiger charge is 2.09. The summed E-state index contributed by atoms with van der Waals surface area (Å²) in [4.78, 5) is 23.7. The number of benzene rings is 2. The highest BCUT2D eigenvalue weighted by molar-refractivity contribution is 6.35. The molecule has 0 atom stereocenters. The zero-order chi connectivity index (χ0) is 18.2. The van der Waals surface area contributed by atoms with E-state index in [4.69, 9.17) is 28.5 Å². The van der Waals surface area contributed by atoms with Gasteiger partial charge in [-0.2, -0.15) is 5.26 Å². The Balaban J connectivity index is 1.82. The van der Waals surface area contributed by atoms with Gasteiger partial charge in [-0.05, 0) is 35.9 Å². The molecule has 0 fully saturated rings. The van der Waals surface area contributed by atoms with Crippen molar-refractivity contribution < 1.29 is 9.59 Å². The predicted molar refractivity (Wildman–Crippen MR) is 97.9 cm³/mol. The van der Waals surface area contributed by atoms with Gasteiger partial charge in [0, 0.05) is 10.7 Å². The lowest BCUT2D eigenvalue weighted by Gasteiger charge is -2.10. The van der Waals surface area contributed by atoms with Crippen molar-refractivity contribution in [2.24, 2.45) is 0 Å². The molecule has 0 aliphatic carbocycles. The second-order valence-electron chi connectivity index (χ2n) is 5.01. The maximum Gasteiger partial charge on any atom is 0.319 e. The molecule has 0 aromatic heterocycles. The summed E-state index contributed by atoms with van der Waals surface area (Å²) in [7, 11) is 0. The summed E-state index contributed by atoms with van der Waals surface area (Å²) >= 11 is 11.8. The lowest BCUT2D eigenvalue weighted by atomic mass is 10.1. The number of hydrogen-bond donors (Lipinski definition) is 3. The zero-order valence-corrected chi connectivity index (χ0v) is 14.5. The van der Waals surface area contributed by atoms with Crippen LogP contribution in [0.4, 0.5) is 16.2 Å². The third-order valence-electron chi connectivity index (χ3n) is 3.11. The van der Waals surface area contributed by atoms with E-state index in [0.29, 0.717) is 27.8 Å². The molecule has 2 aromatic carbocycles. The van der Waals surface area contributed by atoms with Crippen LogP contribution < -0.4 is 16.0 Å². The zero-order valence-electron chi connectivity index (χ0n) is 13.0. The van der Waals surface area contributed by atoms with Crippen LogP contribution in [0.1, 0.15) is 5.56 Å². The number of halogens is 2. The fraction of sp³-hybridized carbons (Fsp3) is 0.118. The van der Waals surface area contributed by atoms with Crippen LogP contribution in [0, 0.1) is 11.3 Å². The number of urea groups is 1. The molecular weight excluding hydrogens is 363 g/mol. The van der Waals surface area contributed by atoms with Crippen LogP contribution in [-0.4, -0.2) is 18.5 Å². The Kier molecular flexibility index (Phi) is 6.63. The van der Waals surface area contributed by atoms with Gasteiger partial charge in [0.25, 0.3) is 0 Å². The number of nitrogens with zero attached hydrogens (tertiary/aromatic N) is 1. The van der Waals surface area contributed by atoms with E-state index in [0.717, 1.165) is 5.56 Å². The maximum atomic E-state index is 11.9. The van der Waals surface area contributed by atoms with Gasteiger partial charge in [-0.15, -0.1) is 0 Å². The van der Waals surface area contributed by atoms with Crippen molar-refractivity contribution in [3.8, 4) is 6.07 Å². The number of carbonyl (C=O) groups is 2. The molecule has 3 N–H and O–H groups in total. The van der Waals surface area contributed by atoms with Gasteiger partial charge in [0.15, 0.2) is 0 Å². The molecular formula is C17H14Cl2N4O2. The van der Waals surface area contributed by atoms with Crippen molar-refractivity contribution in [3.05, 3.63) is 58.1 Å². The Morgan fingerprint density at radius 1 is 1.04 bits per heavy atom. The number of amides is 3. The van der Waals surface area contributed by atoms with E-state index in [9.17, 15) is 9.59 Å². The van der Waals surface area contributed by atoms with Crippen LogP contribution in [0.5, 0.6) is 0 Å². The predicted octanol–water partition coefficient (Wildman–Crippen LogP) is 3.82. The fourth-order valence-corrected chi connectivity index (χ4v) is 2.26. The van der Waals surface area contributed by atoms with Gasteiger partial charge in [0.05, 0.1) is 29.7 Å². The van der Waals surface area contributed by atoms with E-state index in [-0.39, 0.29) is 6.54 Å². The number of carbonyl (C=O) groups excluding carboxylic acids is 2. The van der Waals surface area contributed by atoms with Gasteiger partial charge >= 0.3 is 6.03 Å². The molecule has 0 saturated heterocycles. The molecule has 3 amide bonds. The van der Waals surface area contributed by atoms with Crippen molar-refractivity contribution >= 4 is 46.5 Å². The first-order valence-electron chi connectivity index (χ1n) is 7.23. The third kappa shape index (κ3) is 5.99. The second kappa shape index (κ2) is 8.92. The summed E-state index contributed by atoms with van der Waals surface area (Å²) in [5.41, 5.74) is 1.78. The summed E-state index contributed by atoms with van der Waals surface area (Å²) in [5.74, 6) is -0.441. The molecule has 0 aliphatic rings. The minimum Gasteiger partial charge on any atom is -0.329 e. The molecule has 0 saturated carbocycles. The standard InChI is InChI=1S/C17H14Cl2N4O2/c18-12-3-6-14(19)15(9-12)23-16(24)10-21-17(25)22-13-4-1-11(2-5-13)7-8-20/h1-6,9H,7,10H2,(H,23,24)(H2,21,22,25). The van der Waals surface area contributed by atoms with E-state index < -0.39 is 11.9 Å². The summed E-state index contributed by atoms with van der Waals surface area (Å²) in [6, 6.07) is 13.0. The van der Waals surface area contributed by atoms with Gasteiger partial charge in [0.1, 0.15) is 0 Å². The van der Waals surface area contributed by atoms with Crippen LogP contribution in [-0.2, 0) is 11.2 Å². The van der Waals surface area contributed by atoms with Gasteiger partial charge in [-0.3, -0.25) is 4.79 Å². The molecule has 128 valence electrons. The Labute approximate surface area is 154 Å². The number of hydrogen-bond acceptors (Lipinski definition) is 3. The lowest BCUT2D eigenvalue weighted by molar-refractivity contribution is -0.115. The number of anilines is 2. The first kappa shape index (κ1) is 18.6. The molecule has 0 unspecified atom stereocenters. The molecule has 0 bridgehead atoms. The van der Waals surface area contributed by atoms with E-state index in [1.165, 1.54) is 6.07 Å². The lowest BCUT2D eigenvalue weighted by Crippen LogP contribution is -2.35. The maximum absolute atomic E-state index is 11.9. The van der Waals surface area contributed by atoms with E-state index >= 15 is 0 Å². The first-order chi connectivity index (χ1) is 12.0. The van der Waals surface area contributed by atoms with E-state index in [2.05, 4.69) is 16.0 Å². The number of nitriles is 1. The molecule has 6 nitrogen and oxygen atoms in total. The smallest absolute Gasteiger partial charge is 0.319 e. The molecule has 2 rings (SSSR count). The molecule has 0 heterocycles. The Hall–Kier alpha value is -2.75. The van der Waals surface area contributed by atoms with Crippen LogP contribution >= 0.6 is 23.2 Å². The Morgan fingerprint density at radius 2 is 1.76 bits per heavy atom. The Morgan fingerprint density at radius 3 is 2.44 bits per heavy atom. The van der Waals surface area contributed by atoms with Gasteiger partial charge in [0.2, 0.25) is 5.91 Å². The molecule has 0 radical (unpaired) electrons. The quantitative estimate of drug-likeness (QED) is 0.739. The number of nitrogens with one attached hydrogen (secondary N) is 3. The van der Waals surface area contributed by atoms with Gasteiger partial charge in [-0.1, -0.05) is 35.3 Å². The van der Waals surface area contributed by atoms with Crippen molar-refractivity contribution in [1.82, 2.24) is 5.32 Å². The van der Waals surface area contributed by atoms with Gasteiger partial charge in [-0.25, -0.2) is 4.79 Å². The van der Waals surface area contributed by atoms with E-state index in [1.807, 2.05) is 6.07 Å². The fourth-order valence-electron chi connectivity index (χ4n) is 1.92. The largest absolute Gasteiger partial charge is 0.329 e.